The summed E-state index contributed by atoms with van der Waals surface area (Å²) in [6.07, 6.45) is 1.53. The van der Waals surface area contributed by atoms with Crippen LogP contribution in [0.4, 0.5) is 4.39 Å². The first-order valence-electron chi connectivity index (χ1n) is 6.43. The summed E-state index contributed by atoms with van der Waals surface area (Å²) in [7, 11) is 0. The number of benzene rings is 1. The molecule has 0 radical (unpaired) electrons. The highest BCUT2D eigenvalue weighted by Crippen LogP contribution is 2.20. The third kappa shape index (κ3) is 4.92. The molecule has 0 saturated heterocycles. The Hall–Kier alpha value is -0.640. The monoisotopic (exact) mass is 273 g/mol. The molecule has 1 aromatic carbocycles. The van der Waals surface area contributed by atoms with E-state index in [9.17, 15) is 4.39 Å². The summed E-state index contributed by atoms with van der Waals surface area (Å²) in [5.41, 5.74) is 0.560. The van der Waals surface area contributed by atoms with Crippen molar-refractivity contribution in [2.24, 2.45) is 0 Å². The van der Waals surface area contributed by atoms with Crippen molar-refractivity contribution < 1.29 is 9.13 Å². The van der Waals surface area contributed by atoms with Gasteiger partial charge in [0.2, 0.25) is 0 Å². The zero-order valence-corrected chi connectivity index (χ0v) is 11.8. The molecule has 1 N–H and O–H groups in total. The van der Waals surface area contributed by atoms with E-state index in [1.54, 1.807) is 12.1 Å². The molecule has 0 fully saturated rings. The first-order valence-corrected chi connectivity index (χ1v) is 6.80. The van der Waals surface area contributed by atoms with Gasteiger partial charge in [-0.3, -0.25) is 0 Å². The van der Waals surface area contributed by atoms with Gasteiger partial charge in [-0.25, -0.2) is 4.39 Å². The van der Waals surface area contributed by atoms with Crippen molar-refractivity contribution in [2.75, 3.05) is 19.8 Å². The number of rotatable bonds is 8. The van der Waals surface area contributed by atoms with Gasteiger partial charge in [0, 0.05) is 23.2 Å². The predicted octanol–water partition coefficient (Wildman–Crippen LogP) is 3.43. The van der Waals surface area contributed by atoms with Crippen LogP contribution in [0.15, 0.2) is 18.2 Å². The van der Waals surface area contributed by atoms with E-state index in [0.717, 1.165) is 19.6 Å². The molecule has 0 spiro atoms. The Morgan fingerprint density at radius 2 is 2.17 bits per heavy atom. The van der Waals surface area contributed by atoms with E-state index in [1.807, 2.05) is 6.92 Å². The van der Waals surface area contributed by atoms with Crippen LogP contribution in [-0.2, 0) is 11.2 Å². The zero-order valence-electron chi connectivity index (χ0n) is 11.0. The molecule has 0 amide bonds. The second-order valence-corrected chi connectivity index (χ2v) is 4.64. The summed E-state index contributed by atoms with van der Waals surface area (Å²) < 4.78 is 19.2. The first kappa shape index (κ1) is 15.4. The number of halogens is 2. The number of likely N-dealkylation sites (N-methyl/N-ethyl adjacent to an activating group) is 1. The third-order valence-corrected chi connectivity index (χ3v) is 3.03. The molecule has 0 aliphatic carbocycles. The summed E-state index contributed by atoms with van der Waals surface area (Å²) in [6.45, 7) is 6.22. The van der Waals surface area contributed by atoms with E-state index >= 15 is 0 Å². The molecule has 0 aliphatic rings. The lowest BCUT2D eigenvalue weighted by atomic mass is 10.1. The summed E-state index contributed by atoms with van der Waals surface area (Å²) in [6, 6.07) is 4.88. The van der Waals surface area contributed by atoms with E-state index in [0.29, 0.717) is 23.6 Å². The maximum Gasteiger partial charge on any atom is 0.127 e. The van der Waals surface area contributed by atoms with Gasteiger partial charge in [0.05, 0.1) is 6.61 Å². The standard InChI is InChI=1S/C14H21ClFNO/c1-3-8-18-10-11(17-4-2)9-12-13(15)6-5-7-14(12)16/h5-7,11,17H,3-4,8-10H2,1-2H3. The fourth-order valence-electron chi connectivity index (χ4n) is 1.82. The Balaban J connectivity index is 2.64. The van der Waals surface area contributed by atoms with Crippen molar-refractivity contribution in [3.63, 3.8) is 0 Å². The summed E-state index contributed by atoms with van der Waals surface area (Å²) >= 11 is 6.03. The van der Waals surface area contributed by atoms with E-state index in [4.69, 9.17) is 16.3 Å². The Morgan fingerprint density at radius 1 is 1.39 bits per heavy atom. The highest BCUT2D eigenvalue weighted by Gasteiger charge is 2.14. The minimum atomic E-state index is -0.249. The topological polar surface area (TPSA) is 21.3 Å². The van der Waals surface area contributed by atoms with Crippen molar-refractivity contribution in [3.8, 4) is 0 Å². The molecule has 1 rings (SSSR count). The van der Waals surface area contributed by atoms with Gasteiger partial charge < -0.3 is 10.1 Å². The Kier molecular flexibility index (Phi) is 7.25. The maximum absolute atomic E-state index is 13.7. The summed E-state index contributed by atoms with van der Waals surface area (Å²) in [5.74, 6) is -0.249. The van der Waals surface area contributed by atoms with Crippen LogP contribution in [0, 0.1) is 5.82 Å². The van der Waals surface area contributed by atoms with Crippen molar-refractivity contribution in [2.45, 2.75) is 32.7 Å². The molecule has 102 valence electrons. The smallest absolute Gasteiger partial charge is 0.127 e. The summed E-state index contributed by atoms with van der Waals surface area (Å²) in [5, 5.41) is 3.77. The maximum atomic E-state index is 13.7. The van der Waals surface area contributed by atoms with Crippen LogP contribution in [-0.4, -0.2) is 25.8 Å². The molecule has 2 nitrogen and oxygen atoms in total. The molecular formula is C14H21ClFNO. The van der Waals surface area contributed by atoms with Crippen LogP contribution in [0.25, 0.3) is 0 Å². The lowest BCUT2D eigenvalue weighted by molar-refractivity contribution is 0.112. The van der Waals surface area contributed by atoms with Gasteiger partial charge in [-0.2, -0.15) is 0 Å². The van der Waals surface area contributed by atoms with Crippen LogP contribution in [0.3, 0.4) is 0 Å². The number of nitrogens with one attached hydrogen (secondary N) is 1. The van der Waals surface area contributed by atoms with Crippen molar-refractivity contribution in [1.29, 1.82) is 0 Å². The van der Waals surface area contributed by atoms with E-state index in [-0.39, 0.29) is 11.9 Å². The van der Waals surface area contributed by atoms with Gasteiger partial charge in [-0.05, 0) is 31.5 Å². The van der Waals surface area contributed by atoms with Crippen LogP contribution in [0.2, 0.25) is 5.02 Å². The average Bonchev–Trinajstić information content (AvgIpc) is 2.34. The van der Waals surface area contributed by atoms with Crippen LogP contribution in [0.5, 0.6) is 0 Å². The third-order valence-electron chi connectivity index (χ3n) is 2.67. The molecule has 0 saturated carbocycles. The Bertz CT molecular complexity index is 339. The fraction of sp³-hybridized carbons (Fsp3) is 0.571. The molecule has 0 heterocycles. The molecule has 0 aliphatic heterocycles. The highest BCUT2D eigenvalue weighted by molar-refractivity contribution is 6.31. The SMILES string of the molecule is CCCOCC(Cc1c(F)cccc1Cl)NCC. The molecule has 0 bridgehead atoms. The molecule has 1 unspecified atom stereocenters. The quantitative estimate of drug-likeness (QED) is 0.733. The van der Waals surface area contributed by atoms with Crippen LogP contribution in [0.1, 0.15) is 25.8 Å². The minimum Gasteiger partial charge on any atom is -0.380 e. The number of hydrogen-bond acceptors (Lipinski definition) is 2. The average molecular weight is 274 g/mol. The zero-order chi connectivity index (χ0) is 13.4. The van der Waals surface area contributed by atoms with E-state index in [1.165, 1.54) is 6.07 Å². The highest BCUT2D eigenvalue weighted by atomic mass is 35.5. The van der Waals surface area contributed by atoms with Crippen molar-refractivity contribution in [3.05, 3.63) is 34.6 Å². The second kappa shape index (κ2) is 8.46. The van der Waals surface area contributed by atoms with Crippen molar-refractivity contribution in [1.82, 2.24) is 5.32 Å². The lowest BCUT2D eigenvalue weighted by Crippen LogP contribution is -2.35. The Morgan fingerprint density at radius 3 is 2.78 bits per heavy atom. The predicted molar refractivity (Wildman–Crippen MR) is 73.7 cm³/mol. The molecule has 4 heteroatoms. The number of hydrogen-bond donors (Lipinski definition) is 1. The molecule has 1 aromatic rings. The molecule has 1 atom stereocenters. The molecule has 18 heavy (non-hydrogen) atoms. The van der Waals surface area contributed by atoms with E-state index in [2.05, 4.69) is 12.2 Å². The van der Waals surface area contributed by atoms with Gasteiger partial charge in [-0.15, -0.1) is 0 Å². The molecular weight excluding hydrogens is 253 g/mol. The van der Waals surface area contributed by atoms with Crippen molar-refractivity contribution >= 4 is 11.6 Å². The van der Waals surface area contributed by atoms with Crippen LogP contribution >= 0.6 is 11.6 Å². The van der Waals surface area contributed by atoms with Crippen LogP contribution < -0.4 is 5.32 Å². The van der Waals surface area contributed by atoms with E-state index < -0.39 is 0 Å². The van der Waals surface area contributed by atoms with Gasteiger partial charge in [0.1, 0.15) is 5.82 Å². The second-order valence-electron chi connectivity index (χ2n) is 4.23. The van der Waals surface area contributed by atoms with Gasteiger partial charge >= 0.3 is 0 Å². The summed E-state index contributed by atoms with van der Waals surface area (Å²) in [4.78, 5) is 0. The van der Waals surface area contributed by atoms with Gasteiger partial charge in [0.25, 0.3) is 0 Å². The fourth-order valence-corrected chi connectivity index (χ4v) is 2.06. The minimum absolute atomic E-state index is 0.0935. The number of ether oxygens (including phenoxy) is 1. The Labute approximate surface area is 113 Å². The van der Waals surface area contributed by atoms with Gasteiger partial charge in [0.15, 0.2) is 0 Å². The first-order chi connectivity index (χ1) is 8.69. The molecule has 0 aromatic heterocycles. The lowest BCUT2D eigenvalue weighted by Gasteiger charge is -2.19. The largest absolute Gasteiger partial charge is 0.380 e. The normalized spacial score (nSPS) is 12.7. The van der Waals surface area contributed by atoms with Gasteiger partial charge in [-0.1, -0.05) is 31.5 Å².